The Morgan fingerprint density at radius 1 is 1.24 bits per heavy atom. The lowest BCUT2D eigenvalue weighted by Crippen LogP contribution is -2.05. The normalized spacial score (nSPS) is 10.0. The molecule has 0 N–H and O–H groups in total. The molecule has 86 valence electrons. The molecule has 0 aliphatic rings. The fraction of sp³-hybridized carbons (Fsp3) is 0.0769. The number of carbonyl (C=O) groups is 1. The minimum absolute atomic E-state index is 0.399. The number of halogens is 1. The topological polar surface area (TPSA) is 39.2 Å². The summed E-state index contributed by atoms with van der Waals surface area (Å²) in [6.45, 7) is 0. The third-order valence-corrected chi connectivity index (χ3v) is 2.98. The number of ether oxygens (including phenoxy) is 1. The lowest BCUT2D eigenvalue weighted by Gasteiger charge is -2.08. The summed E-state index contributed by atoms with van der Waals surface area (Å²) in [5.74, 6) is -0.399. The molecule has 4 heteroatoms. The number of pyridine rings is 1. The van der Waals surface area contributed by atoms with E-state index in [0.29, 0.717) is 10.2 Å². The first-order valence-electron chi connectivity index (χ1n) is 5.02. The van der Waals surface area contributed by atoms with Crippen molar-refractivity contribution in [3.05, 3.63) is 52.8 Å². The number of methoxy groups -OCH3 is 1. The molecular formula is C13H10BrNO2. The summed E-state index contributed by atoms with van der Waals surface area (Å²) in [5, 5.41) is 0. The molecule has 0 atom stereocenters. The van der Waals surface area contributed by atoms with Crippen LogP contribution in [0.15, 0.2) is 47.2 Å². The number of aromatic nitrogens is 1. The monoisotopic (exact) mass is 291 g/mol. The number of benzene rings is 1. The van der Waals surface area contributed by atoms with Crippen LogP contribution in [0.5, 0.6) is 0 Å². The summed E-state index contributed by atoms with van der Waals surface area (Å²) >= 11 is 3.27. The predicted octanol–water partition coefficient (Wildman–Crippen LogP) is 3.30. The highest BCUT2D eigenvalue weighted by atomic mass is 79.9. The number of esters is 1. The standard InChI is InChI=1S/C13H10BrNO2/c1-17-13(16)11-10(7-8-15-12(11)14)9-5-3-2-4-6-9/h2-8H,1H3. The van der Waals surface area contributed by atoms with Gasteiger partial charge in [-0.05, 0) is 27.6 Å². The van der Waals surface area contributed by atoms with E-state index in [-0.39, 0.29) is 0 Å². The number of rotatable bonds is 2. The van der Waals surface area contributed by atoms with Crippen molar-refractivity contribution in [2.45, 2.75) is 0 Å². The summed E-state index contributed by atoms with van der Waals surface area (Å²) in [7, 11) is 1.36. The van der Waals surface area contributed by atoms with Gasteiger partial charge in [-0.15, -0.1) is 0 Å². The van der Waals surface area contributed by atoms with Crippen molar-refractivity contribution in [3.8, 4) is 11.1 Å². The molecule has 1 aromatic heterocycles. The fourth-order valence-corrected chi connectivity index (χ4v) is 2.08. The summed E-state index contributed by atoms with van der Waals surface area (Å²) in [5.41, 5.74) is 2.21. The molecule has 2 aromatic rings. The molecule has 0 aliphatic carbocycles. The molecule has 0 amide bonds. The lowest BCUT2D eigenvalue weighted by atomic mass is 10.0. The zero-order valence-electron chi connectivity index (χ0n) is 9.18. The van der Waals surface area contributed by atoms with Crippen LogP contribution >= 0.6 is 15.9 Å². The van der Waals surface area contributed by atoms with Crippen LogP contribution in [-0.2, 0) is 4.74 Å². The van der Waals surface area contributed by atoms with Gasteiger partial charge in [-0.3, -0.25) is 0 Å². The van der Waals surface area contributed by atoms with Crippen molar-refractivity contribution in [2.75, 3.05) is 7.11 Å². The molecule has 3 nitrogen and oxygen atoms in total. The SMILES string of the molecule is COC(=O)c1c(-c2ccccc2)ccnc1Br. The Bertz CT molecular complexity index is 540. The van der Waals surface area contributed by atoms with Crippen molar-refractivity contribution in [1.29, 1.82) is 0 Å². The van der Waals surface area contributed by atoms with Gasteiger partial charge >= 0.3 is 5.97 Å². The number of nitrogens with zero attached hydrogens (tertiary/aromatic N) is 1. The molecule has 0 aliphatic heterocycles. The summed E-state index contributed by atoms with van der Waals surface area (Å²) < 4.78 is 5.26. The second kappa shape index (κ2) is 5.10. The highest BCUT2D eigenvalue weighted by Gasteiger charge is 2.17. The molecule has 0 fully saturated rings. The zero-order chi connectivity index (χ0) is 12.3. The third-order valence-electron chi connectivity index (χ3n) is 2.38. The van der Waals surface area contributed by atoms with Gasteiger partial charge in [0.1, 0.15) is 10.2 Å². The Balaban J connectivity index is 2.62. The molecular weight excluding hydrogens is 282 g/mol. The molecule has 0 unspecified atom stereocenters. The second-order valence-corrected chi connectivity index (χ2v) is 4.13. The molecule has 0 bridgehead atoms. The predicted molar refractivity (Wildman–Crippen MR) is 68.7 cm³/mol. The van der Waals surface area contributed by atoms with Crippen molar-refractivity contribution in [1.82, 2.24) is 4.98 Å². The highest BCUT2D eigenvalue weighted by Crippen LogP contribution is 2.28. The highest BCUT2D eigenvalue weighted by molar-refractivity contribution is 9.10. The average molecular weight is 292 g/mol. The molecule has 1 heterocycles. The van der Waals surface area contributed by atoms with E-state index in [4.69, 9.17) is 4.74 Å². The van der Waals surface area contributed by atoms with Crippen LogP contribution in [0.3, 0.4) is 0 Å². The number of hydrogen-bond acceptors (Lipinski definition) is 3. The van der Waals surface area contributed by atoms with Crippen LogP contribution < -0.4 is 0 Å². The van der Waals surface area contributed by atoms with Gasteiger partial charge in [0.15, 0.2) is 0 Å². The third kappa shape index (κ3) is 2.36. The molecule has 1 aromatic carbocycles. The van der Waals surface area contributed by atoms with Crippen molar-refractivity contribution in [2.24, 2.45) is 0 Å². The van der Waals surface area contributed by atoms with Gasteiger partial charge in [-0.2, -0.15) is 0 Å². The maximum Gasteiger partial charge on any atom is 0.341 e. The molecule has 0 saturated carbocycles. The number of carbonyl (C=O) groups excluding carboxylic acids is 1. The van der Waals surface area contributed by atoms with E-state index in [1.54, 1.807) is 12.3 Å². The largest absolute Gasteiger partial charge is 0.465 e. The number of hydrogen-bond donors (Lipinski definition) is 0. The van der Waals surface area contributed by atoms with Gasteiger partial charge in [0, 0.05) is 11.8 Å². The summed E-state index contributed by atoms with van der Waals surface area (Å²) in [4.78, 5) is 15.8. The van der Waals surface area contributed by atoms with Gasteiger partial charge in [0.25, 0.3) is 0 Å². The lowest BCUT2D eigenvalue weighted by molar-refractivity contribution is 0.0600. The molecule has 0 saturated heterocycles. The van der Waals surface area contributed by atoms with E-state index in [9.17, 15) is 4.79 Å². The van der Waals surface area contributed by atoms with E-state index < -0.39 is 5.97 Å². The quantitative estimate of drug-likeness (QED) is 0.629. The van der Waals surface area contributed by atoms with E-state index in [1.807, 2.05) is 30.3 Å². The van der Waals surface area contributed by atoms with E-state index in [2.05, 4.69) is 20.9 Å². The van der Waals surface area contributed by atoms with Gasteiger partial charge in [0.2, 0.25) is 0 Å². The average Bonchev–Trinajstić information content (AvgIpc) is 2.38. The van der Waals surface area contributed by atoms with Crippen LogP contribution in [0.25, 0.3) is 11.1 Å². The smallest absolute Gasteiger partial charge is 0.341 e. The van der Waals surface area contributed by atoms with E-state index in [1.165, 1.54) is 7.11 Å². The second-order valence-electron chi connectivity index (χ2n) is 3.38. The minimum Gasteiger partial charge on any atom is -0.465 e. The molecule has 2 rings (SSSR count). The molecule has 17 heavy (non-hydrogen) atoms. The Labute approximate surface area is 108 Å². The van der Waals surface area contributed by atoms with E-state index in [0.717, 1.165) is 11.1 Å². The van der Waals surface area contributed by atoms with Gasteiger partial charge in [0.05, 0.1) is 7.11 Å². The van der Waals surface area contributed by atoms with Crippen LogP contribution in [0.2, 0.25) is 0 Å². The van der Waals surface area contributed by atoms with Crippen molar-refractivity contribution >= 4 is 21.9 Å². The molecule has 0 radical (unpaired) electrons. The van der Waals surface area contributed by atoms with Gasteiger partial charge in [-0.25, -0.2) is 9.78 Å². The van der Waals surface area contributed by atoms with E-state index >= 15 is 0 Å². The van der Waals surface area contributed by atoms with Crippen molar-refractivity contribution in [3.63, 3.8) is 0 Å². The van der Waals surface area contributed by atoms with Crippen LogP contribution in [-0.4, -0.2) is 18.1 Å². The molecule has 0 spiro atoms. The van der Waals surface area contributed by atoms with Crippen LogP contribution in [0.4, 0.5) is 0 Å². The Hall–Kier alpha value is -1.68. The summed E-state index contributed by atoms with van der Waals surface area (Å²) in [6.07, 6.45) is 1.65. The van der Waals surface area contributed by atoms with Crippen LogP contribution in [0, 0.1) is 0 Å². The van der Waals surface area contributed by atoms with Gasteiger partial charge in [-0.1, -0.05) is 30.3 Å². The fourth-order valence-electron chi connectivity index (χ4n) is 1.59. The minimum atomic E-state index is -0.399. The first-order chi connectivity index (χ1) is 8.24. The summed E-state index contributed by atoms with van der Waals surface area (Å²) in [6, 6.07) is 11.4. The Morgan fingerprint density at radius 3 is 2.59 bits per heavy atom. The Kier molecular flexibility index (Phi) is 3.54. The van der Waals surface area contributed by atoms with Crippen LogP contribution in [0.1, 0.15) is 10.4 Å². The maximum absolute atomic E-state index is 11.7. The first-order valence-corrected chi connectivity index (χ1v) is 5.81. The first kappa shape index (κ1) is 11.8. The van der Waals surface area contributed by atoms with Gasteiger partial charge < -0.3 is 4.74 Å². The zero-order valence-corrected chi connectivity index (χ0v) is 10.8. The maximum atomic E-state index is 11.7. The Morgan fingerprint density at radius 2 is 1.94 bits per heavy atom. The van der Waals surface area contributed by atoms with Crippen molar-refractivity contribution < 1.29 is 9.53 Å².